The van der Waals surface area contributed by atoms with Gasteiger partial charge in [0, 0.05) is 11.8 Å². The molecular formula is C10H13N3O4. The number of ether oxygens (including phenoxy) is 1. The van der Waals surface area contributed by atoms with Gasteiger partial charge in [0.05, 0.1) is 0 Å². The SMILES string of the molecule is Cc1cc(NC(=O)C2CCC(C(=O)O)O2)n[nH]1. The number of aryl methyl sites for hydroxylation is 1. The first-order valence-corrected chi connectivity index (χ1v) is 5.27. The van der Waals surface area contributed by atoms with Crippen LogP contribution in [-0.2, 0) is 14.3 Å². The second-order valence-corrected chi connectivity index (χ2v) is 3.95. The number of aliphatic carboxylic acids is 1. The van der Waals surface area contributed by atoms with Crippen molar-refractivity contribution in [2.45, 2.75) is 32.0 Å². The van der Waals surface area contributed by atoms with Crippen LogP contribution < -0.4 is 5.32 Å². The van der Waals surface area contributed by atoms with Crippen LogP contribution >= 0.6 is 0 Å². The number of hydrogen-bond acceptors (Lipinski definition) is 4. The Morgan fingerprint density at radius 3 is 2.76 bits per heavy atom. The fourth-order valence-electron chi connectivity index (χ4n) is 1.70. The minimum Gasteiger partial charge on any atom is -0.479 e. The van der Waals surface area contributed by atoms with Crippen molar-refractivity contribution in [2.75, 3.05) is 5.32 Å². The lowest BCUT2D eigenvalue weighted by molar-refractivity contribution is -0.150. The van der Waals surface area contributed by atoms with Crippen LogP contribution in [0.3, 0.4) is 0 Å². The lowest BCUT2D eigenvalue weighted by Crippen LogP contribution is -2.30. The van der Waals surface area contributed by atoms with Crippen LogP contribution in [0.2, 0.25) is 0 Å². The Morgan fingerprint density at radius 1 is 1.53 bits per heavy atom. The molecule has 0 bridgehead atoms. The van der Waals surface area contributed by atoms with Gasteiger partial charge in [0.2, 0.25) is 0 Å². The summed E-state index contributed by atoms with van der Waals surface area (Å²) in [5, 5.41) is 17.8. The molecule has 0 saturated carbocycles. The number of carboxylic acids is 1. The summed E-state index contributed by atoms with van der Waals surface area (Å²) >= 11 is 0. The number of nitrogens with zero attached hydrogens (tertiary/aromatic N) is 1. The van der Waals surface area contributed by atoms with Crippen molar-refractivity contribution >= 4 is 17.7 Å². The van der Waals surface area contributed by atoms with Gasteiger partial charge in [-0.15, -0.1) is 0 Å². The van der Waals surface area contributed by atoms with Gasteiger partial charge in [0.15, 0.2) is 11.9 Å². The smallest absolute Gasteiger partial charge is 0.332 e. The molecule has 92 valence electrons. The summed E-state index contributed by atoms with van der Waals surface area (Å²) in [4.78, 5) is 22.4. The molecule has 2 atom stereocenters. The first-order valence-electron chi connectivity index (χ1n) is 5.27. The molecule has 2 heterocycles. The summed E-state index contributed by atoms with van der Waals surface area (Å²) in [7, 11) is 0. The molecule has 0 aromatic carbocycles. The van der Waals surface area contributed by atoms with E-state index in [0.29, 0.717) is 18.7 Å². The molecule has 1 amide bonds. The minimum atomic E-state index is -1.03. The van der Waals surface area contributed by atoms with E-state index < -0.39 is 18.2 Å². The minimum absolute atomic E-state index is 0.354. The second kappa shape index (κ2) is 4.54. The van der Waals surface area contributed by atoms with E-state index in [1.54, 1.807) is 6.07 Å². The van der Waals surface area contributed by atoms with Crippen molar-refractivity contribution in [3.8, 4) is 0 Å². The molecule has 1 aromatic heterocycles. The molecule has 2 unspecified atom stereocenters. The highest BCUT2D eigenvalue weighted by atomic mass is 16.5. The number of anilines is 1. The number of carbonyl (C=O) groups is 2. The molecule has 1 saturated heterocycles. The topological polar surface area (TPSA) is 104 Å². The molecule has 17 heavy (non-hydrogen) atoms. The van der Waals surface area contributed by atoms with Gasteiger partial charge in [0.1, 0.15) is 6.10 Å². The number of hydrogen-bond donors (Lipinski definition) is 3. The fraction of sp³-hybridized carbons (Fsp3) is 0.500. The Morgan fingerprint density at radius 2 is 2.24 bits per heavy atom. The molecule has 3 N–H and O–H groups in total. The van der Waals surface area contributed by atoms with Gasteiger partial charge < -0.3 is 15.2 Å². The number of aromatic nitrogens is 2. The standard InChI is InChI=1S/C10H13N3O4/c1-5-4-8(13-12-5)11-9(14)6-2-3-7(17-6)10(15)16/h4,6-7H,2-3H2,1H3,(H,15,16)(H2,11,12,13,14). The van der Waals surface area contributed by atoms with Crippen LogP contribution in [0.5, 0.6) is 0 Å². The molecule has 1 aromatic rings. The summed E-state index contributed by atoms with van der Waals surface area (Å²) in [6, 6.07) is 1.68. The van der Waals surface area contributed by atoms with Crippen LogP contribution in [-0.4, -0.2) is 39.4 Å². The van der Waals surface area contributed by atoms with E-state index in [4.69, 9.17) is 9.84 Å². The second-order valence-electron chi connectivity index (χ2n) is 3.95. The van der Waals surface area contributed by atoms with Crippen molar-refractivity contribution in [3.05, 3.63) is 11.8 Å². The van der Waals surface area contributed by atoms with Crippen LogP contribution in [0.4, 0.5) is 5.82 Å². The molecule has 0 radical (unpaired) electrons. The van der Waals surface area contributed by atoms with Gasteiger partial charge >= 0.3 is 5.97 Å². The summed E-state index contributed by atoms with van der Waals surface area (Å²) in [6.45, 7) is 1.81. The van der Waals surface area contributed by atoms with Crippen LogP contribution in [0.25, 0.3) is 0 Å². The van der Waals surface area contributed by atoms with E-state index in [1.165, 1.54) is 0 Å². The van der Waals surface area contributed by atoms with Gasteiger partial charge in [0.25, 0.3) is 5.91 Å². The average molecular weight is 239 g/mol. The highest BCUT2D eigenvalue weighted by Gasteiger charge is 2.34. The van der Waals surface area contributed by atoms with E-state index in [0.717, 1.165) is 5.69 Å². The highest BCUT2D eigenvalue weighted by molar-refractivity contribution is 5.94. The van der Waals surface area contributed by atoms with Crippen molar-refractivity contribution in [3.63, 3.8) is 0 Å². The van der Waals surface area contributed by atoms with Crippen LogP contribution in [0, 0.1) is 6.92 Å². The van der Waals surface area contributed by atoms with E-state index in [1.807, 2.05) is 6.92 Å². The number of H-pyrrole nitrogens is 1. The number of rotatable bonds is 3. The quantitative estimate of drug-likeness (QED) is 0.703. The van der Waals surface area contributed by atoms with Crippen molar-refractivity contribution in [1.29, 1.82) is 0 Å². The molecule has 2 rings (SSSR count). The maximum absolute atomic E-state index is 11.7. The Hall–Kier alpha value is -1.89. The van der Waals surface area contributed by atoms with Crippen molar-refractivity contribution < 1.29 is 19.4 Å². The van der Waals surface area contributed by atoms with Crippen molar-refractivity contribution in [1.82, 2.24) is 10.2 Å². The molecule has 1 aliphatic heterocycles. The van der Waals surface area contributed by atoms with Gasteiger partial charge in [-0.25, -0.2) is 4.79 Å². The zero-order chi connectivity index (χ0) is 12.4. The molecular weight excluding hydrogens is 226 g/mol. The summed E-state index contributed by atoms with van der Waals surface area (Å²) < 4.78 is 5.11. The number of amides is 1. The molecule has 7 heteroatoms. The monoisotopic (exact) mass is 239 g/mol. The largest absolute Gasteiger partial charge is 0.479 e. The lowest BCUT2D eigenvalue weighted by atomic mass is 10.2. The molecule has 1 fully saturated rings. The third-order valence-electron chi connectivity index (χ3n) is 2.54. The zero-order valence-corrected chi connectivity index (χ0v) is 9.27. The molecule has 1 aliphatic rings. The van der Waals surface area contributed by atoms with E-state index >= 15 is 0 Å². The summed E-state index contributed by atoms with van der Waals surface area (Å²) in [5.41, 5.74) is 0.830. The lowest BCUT2D eigenvalue weighted by Gasteiger charge is -2.09. The van der Waals surface area contributed by atoms with Gasteiger partial charge in [-0.3, -0.25) is 9.89 Å². The Balaban J connectivity index is 1.91. The molecule has 0 spiro atoms. The van der Waals surface area contributed by atoms with Gasteiger partial charge in [-0.05, 0) is 19.8 Å². The predicted octanol–water partition coefficient (Wildman–Crippen LogP) is 0.289. The maximum atomic E-state index is 11.7. The van der Waals surface area contributed by atoms with Crippen LogP contribution in [0.15, 0.2) is 6.07 Å². The number of carboxylic acid groups (broad SMARTS) is 1. The first-order chi connectivity index (χ1) is 8.06. The van der Waals surface area contributed by atoms with E-state index in [9.17, 15) is 9.59 Å². The van der Waals surface area contributed by atoms with Gasteiger partial charge in [-0.2, -0.15) is 5.10 Å². The number of carbonyl (C=O) groups excluding carboxylic acids is 1. The third-order valence-corrected chi connectivity index (χ3v) is 2.54. The van der Waals surface area contributed by atoms with Crippen molar-refractivity contribution in [2.24, 2.45) is 0 Å². The number of nitrogens with one attached hydrogen (secondary N) is 2. The van der Waals surface area contributed by atoms with E-state index in [-0.39, 0.29) is 5.91 Å². The first kappa shape index (κ1) is 11.6. The summed E-state index contributed by atoms with van der Waals surface area (Å²) in [5.74, 6) is -0.981. The normalized spacial score (nSPS) is 23.6. The highest BCUT2D eigenvalue weighted by Crippen LogP contribution is 2.21. The third kappa shape index (κ3) is 2.62. The Bertz CT molecular complexity index is 443. The van der Waals surface area contributed by atoms with Crippen LogP contribution in [0.1, 0.15) is 18.5 Å². The fourth-order valence-corrected chi connectivity index (χ4v) is 1.70. The molecule has 7 nitrogen and oxygen atoms in total. The Labute approximate surface area is 97.2 Å². The number of aromatic amines is 1. The van der Waals surface area contributed by atoms with Gasteiger partial charge in [-0.1, -0.05) is 0 Å². The molecule has 0 aliphatic carbocycles. The average Bonchev–Trinajstić information content (AvgIpc) is 2.86. The van der Waals surface area contributed by atoms with E-state index in [2.05, 4.69) is 15.5 Å². The predicted molar refractivity (Wildman–Crippen MR) is 57.5 cm³/mol. The Kier molecular flexibility index (Phi) is 3.10. The zero-order valence-electron chi connectivity index (χ0n) is 9.27. The summed E-state index contributed by atoms with van der Waals surface area (Å²) in [6.07, 6.45) is -0.834. The maximum Gasteiger partial charge on any atom is 0.332 e.